The largest absolute Gasteiger partial charge is 0.416 e. The van der Waals surface area contributed by atoms with Gasteiger partial charge in [0.15, 0.2) is 0 Å². The van der Waals surface area contributed by atoms with E-state index >= 15 is 0 Å². The van der Waals surface area contributed by atoms with E-state index in [1.807, 2.05) is 0 Å². The van der Waals surface area contributed by atoms with E-state index in [0.29, 0.717) is 22.5 Å². The molecule has 0 saturated carbocycles. The van der Waals surface area contributed by atoms with Gasteiger partial charge in [0, 0.05) is 16.9 Å². The number of rotatable bonds is 3. The van der Waals surface area contributed by atoms with Gasteiger partial charge in [-0.15, -0.1) is 0 Å². The Bertz CT molecular complexity index is 798. The molecule has 0 fully saturated rings. The molecule has 24 heavy (non-hydrogen) atoms. The number of benzene rings is 2. The zero-order valence-corrected chi connectivity index (χ0v) is 12.4. The highest BCUT2D eigenvalue weighted by atomic mass is 19.4. The predicted octanol–water partition coefficient (Wildman–Crippen LogP) is 3.38. The molecule has 7 heteroatoms. The second kappa shape index (κ2) is 5.99. The van der Waals surface area contributed by atoms with Gasteiger partial charge in [-0.3, -0.25) is 9.59 Å². The monoisotopic (exact) mass is 334 g/mol. The summed E-state index contributed by atoms with van der Waals surface area (Å²) in [7, 11) is 0. The van der Waals surface area contributed by atoms with Crippen LogP contribution < -0.4 is 10.6 Å². The number of amides is 2. The van der Waals surface area contributed by atoms with Crippen LogP contribution in [0.1, 0.15) is 16.7 Å². The zero-order valence-electron chi connectivity index (χ0n) is 12.4. The van der Waals surface area contributed by atoms with Crippen molar-refractivity contribution in [3.05, 3.63) is 59.2 Å². The molecule has 0 aromatic heterocycles. The Kier molecular flexibility index (Phi) is 4.01. The number of nitrogens with one attached hydrogen (secondary N) is 2. The van der Waals surface area contributed by atoms with Gasteiger partial charge in [-0.25, -0.2) is 0 Å². The lowest BCUT2D eigenvalue weighted by atomic mass is 10.1. The Hall–Kier alpha value is -2.83. The lowest BCUT2D eigenvalue weighted by molar-refractivity contribution is -0.137. The van der Waals surface area contributed by atoms with Crippen LogP contribution in [-0.2, 0) is 28.6 Å². The summed E-state index contributed by atoms with van der Waals surface area (Å²) in [5.41, 5.74) is 1.62. The standard InChI is InChI=1S/C17H13F3N2O2/c18-17(19,20)11-6-4-10(5-7-11)8-15(23)21-13-2-1-3-14-12(13)9-16(24)22-14/h1-7H,8-9H2,(H,21,23)(H,22,24). The number of anilines is 2. The molecule has 2 aromatic rings. The third-order valence-electron chi connectivity index (χ3n) is 3.71. The molecule has 2 N–H and O–H groups in total. The van der Waals surface area contributed by atoms with Crippen molar-refractivity contribution < 1.29 is 22.8 Å². The molecule has 0 unspecified atom stereocenters. The summed E-state index contributed by atoms with van der Waals surface area (Å²) < 4.78 is 37.5. The van der Waals surface area contributed by atoms with Crippen molar-refractivity contribution in [1.29, 1.82) is 0 Å². The Labute approximate surface area is 135 Å². The maximum Gasteiger partial charge on any atom is 0.416 e. The molecule has 1 aliphatic rings. The maximum atomic E-state index is 12.5. The molecule has 0 aliphatic carbocycles. The highest BCUT2D eigenvalue weighted by molar-refractivity contribution is 6.03. The third kappa shape index (κ3) is 3.40. The van der Waals surface area contributed by atoms with E-state index in [1.165, 1.54) is 12.1 Å². The quantitative estimate of drug-likeness (QED) is 0.904. The van der Waals surface area contributed by atoms with Gasteiger partial charge in [-0.2, -0.15) is 13.2 Å². The summed E-state index contributed by atoms with van der Waals surface area (Å²) in [5.74, 6) is -0.503. The molecule has 0 spiro atoms. The van der Waals surface area contributed by atoms with E-state index in [4.69, 9.17) is 0 Å². The number of alkyl halides is 3. The van der Waals surface area contributed by atoms with Gasteiger partial charge in [0.2, 0.25) is 11.8 Å². The topological polar surface area (TPSA) is 58.2 Å². The van der Waals surface area contributed by atoms with Crippen molar-refractivity contribution in [2.45, 2.75) is 19.0 Å². The van der Waals surface area contributed by atoms with Gasteiger partial charge in [-0.1, -0.05) is 18.2 Å². The minimum absolute atomic E-state index is 0.0524. The van der Waals surface area contributed by atoms with Crippen molar-refractivity contribution >= 4 is 23.2 Å². The fraction of sp³-hybridized carbons (Fsp3) is 0.176. The molecule has 1 heterocycles. The smallest absolute Gasteiger partial charge is 0.325 e. The van der Waals surface area contributed by atoms with E-state index in [2.05, 4.69) is 10.6 Å². The van der Waals surface area contributed by atoms with Crippen molar-refractivity contribution in [1.82, 2.24) is 0 Å². The molecule has 3 rings (SSSR count). The van der Waals surface area contributed by atoms with Gasteiger partial charge in [-0.05, 0) is 29.8 Å². The first-order valence-electron chi connectivity index (χ1n) is 7.20. The van der Waals surface area contributed by atoms with Crippen LogP contribution >= 0.6 is 0 Å². The molecule has 1 aliphatic heterocycles. The van der Waals surface area contributed by atoms with Crippen LogP contribution in [-0.4, -0.2) is 11.8 Å². The molecular weight excluding hydrogens is 321 g/mol. The normalized spacial score (nSPS) is 13.4. The van der Waals surface area contributed by atoms with E-state index in [-0.39, 0.29) is 24.7 Å². The van der Waals surface area contributed by atoms with Crippen LogP contribution in [0.15, 0.2) is 42.5 Å². The van der Waals surface area contributed by atoms with Gasteiger partial charge < -0.3 is 10.6 Å². The summed E-state index contributed by atoms with van der Waals surface area (Å²) in [6.07, 6.45) is -4.26. The van der Waals surface area contributed by atoms with E-state index in [9.17, 15) is 22.8 Å². The van der Waals surface area contributed by atoms with E-state index < -0.39 is 11.7 Å². The lowest BCUT2D eigenvalue weighted by Crippen LogP contribution is -2.15. The average Bonchev–Trinajstić information content (AvgIpc) is 2.88. The summed E-state index contributed by atoms with van der Waals surface area (Å²) >= 11 is 0. The highest BCUT2D eigenvalue weighted by Crippen LogP contribution is 2.30. The van der Waals surface area contributed by atoms with Gasteiger partial charge >= 0.3 is 6.18 Å². The number of hydrogen-bond donors (Lipinski definition) is 2. The molecule has 0 bridgehead atoms. The molecule has 124 valence electrons. The SMILES string of the molecule is O=C(Cc1ccc(C(F)(F)F)cc1)Nc1cccc2c1CC(=O)N2. The molecule has 0 radical (unpaired) electrons. The zero-order chi connectivity index (χ0) is 17.3. The molecule has 0 atom stereocenters. The van der Waals surface area contributed by atoms with Crippen LogP contribution in [0.5, 0.6) is 0 Å². The second-order valence-electron chi connectivity index (χ2n) is 5.48. The molecule has 0 saturated heterocycles. The fourth-order valence-corrected chi connectivity index (χ4v) is 2.56. The van der Waals surface area contributed by atoms with Crippen molar-refractivity contribution in [2.24, 2.45) is 0 Å². The summed E-state index contributed by atoms with van der Waals surface area (Å²) in [6, 6.07) is 9.59. The Balaban J connectivity index is 1.69. The van der Waals surface area contributed by atoms with Gasteiger partial charge in [0.25, 0.3) is 0 Å². The minimum Gasteiger partial charge on any atom is -0.325 e. The first-order valence-corrected chi connectivity index (χ1v) is 7.20. The van der Waals surface area contributed by atoms with Gasteiger partial charge in [0.1, 0.15) is 0 Å². The summed E-state index contributed by atoms with van der Waals surface area (Å²) in [6.45, 7) is 0. The van der Waals surface area contributed by atoms with Crippen LogP contribution in [0, 0.1) is 0 Å². The minimum atomic E-state index is -4.40. The third-order valence-corrected chi connectivity index (χ3v) is 3.71. The highest BCUT2D eigenvalue weighted by Gasteiger charge is 2.30. The second-order valence-corrected chi connectivity index (χ2v) is 5.48. The number of halogens is 3. The van der Waals surface area contributed by atoms with Crippen LogP contribution in [0.3, 0.4) is 0 Å². The Morgan fingerprint density at radius 1 is 1.12 bits per heavy atom. The molecule has 4 nitrogen and oxygen atoms in total. The first-order chi connectivity index (χ1) is 11.3. The fourth-order valence-electron chi connectivity index (χ4n) is 2.56. The van der Waals surface area contributed by atoms with E-state index in [0.717, 1.165) is 12.1 Å². The van der Waals surface area contributed by atoms with E-state index in [1.54, 1.807) is 18.2 Å². The number of fused-ring (bicyclic) bond motifs is 1. The number of hydrogen-bond acceptors (Lipinski definition) is 2. The van der Waals surface area contributed by atoms with Crippen LogP contribution in [0.25, 0.3) is 0 Å². The van der Waals surface area contributed by atoms with Crippen molar-refractivity contribution in [3.63, 3.8) is 0 Å². The maximum absolute atomic E-state index is 12.5. The Morgan fingerprint density at radius 2 is 1.83 bits per heavy atom. The van der Waals surface area contributed by atoms with Crippen molar-refractivity contribution in [2.75, 3.05) is 10.6 Å². The lowest BCUT2D eigenvalue weighted by Gasteiger charge is -2.10. The van der Waals surface area contributed by atoms with Crippen LogP contribution in [0.2, 0.25) is 0 Å². The van der Waals surface area contributed by atoms with Crippen LogP contribution in [0.4, 0.5) is 24.5 Å². The number of carbonyl (C=O) groups excluding carboxylic acids is 2. The molecule has 2 amide bonds. The summed E-state index contributed by atoms with van der Waals surface area (Å²) in [4.78, 5) is 23.5. The number of carbonyl (C=O) groups is 2. The van der Waals surface area contributed by atoms with Gasteiger partial charge in [0.05, 0.1) is 18.4 Å². The summed E-state index contributed by atoms with van der Waals surface area (Å²) in [5, 5.41) is 5.39. The average molecular weight is 334 g/mol. The Morgan fingerprint density at radius 3 is 2.50 bits per heavy atom. The predicted molar refractivity (Wildman–Crippen MR) is 82.6 cm³/mol. The van der Waals surface area contributed by atoms with Crippen molar-refractivity contribution in [3.8, 4) is 0 Å². The molecule has 2 aromatic carbocycles. The molecular formula is C17H13F3N2O2. The first kappa shape index (κ1) is 16.0.